The van der Waals surface area contributed by atoms with Crippen molar-refractivity contribution in [2.75, 3.05) is 69.3 Å². The van der Waals surface area contributed by atoms with E-state index in [1.165, 1.54) is 85.1 Å². The standard InChI is InChI=1S/C18H13N5O.C15H14N2O3S.C15H16N2O2S.C13H10N4O3S.C13H10N4OS.C9H14O3S2.C6H10O3.6C2H6/c24-18-15-14(11-19-23-18)21-16(12-7-3-1-4-8-12)22-17(15)20-13-9-5-2-6-10-13;1-3-20-15(19)12-11(9-18)16-13(17-14(12)21-2)10-7-5-4-6-8-10;1-4-19-15(18)12-10(2)16-13(17-14(12)20-3)11-8-6-5-7-9-11;1-21(19,20)13-10-9(7-14-17-12(10)18)15-11(16-13)8-5-3-2-4-6-8;1-19-13-10-9(7-14-17-12(10)18)15-11(16-13)8-5-3-2-4-6-8;1-5-12-8(11)7(6(2)10)9(13-3)14-4;1-3-9-6(8)4-5(2)7;6*1-2/h1-11H,(H,23,24)(H,20,21,22);4-9H,3H2,1-2H3;5-9H,4H2,1-3H3;2-7H,1H3,(H,17,18);2-7H,1H3,(H,17,18);5H2,1-4H3;3-4H2,1-2H3;6*1-2H3. The Hall–Kier alpha value is -13.7. The number of Topliss-reactive ketones (excluding diaryl/α,β-unsaturated/α-hetero) is 2. The van der Waals surface area contributed by atoms with E-state index in [1.807, 2.05) is 266 Å². The quantitative estimate of drug-likeness (QED) is 0.00638. The summed E-state index contributed by atoms with van der Waals surface area (Å²) < 4.78 is 43.9. The summed E-state index contributed by atoms with van der Waals surface area (Å²) in [5, 5.41) is 23.8. The van der Waals surface area contributed by atoms with Crippen LogP contribution in [-0.2, 0) is 48.0 Å². The van der Waals surface area contributed by atoms with Gasteiger partial charge in [-0.1, -0.05) is 253 Å². The molecule has 4 N–H and O–H groups in total. The Balaban J connectivity index is 0.000000549. The zero-order chi connectivity index (χ0) is 105. The Bertz CT molecular complexity index is 6560. The summed E-state index contributed by atoms with van der Waals surface area (Å²) >= 11 is 6.88. The van der Waals surface area contributed by atoms with Crippen LogP contribution in [0.1, 0.15) is 168 Å². The van der Waals surface area contributed by atoms with Crippen LogP contribution in [0.4, 0.5) is 11.5 Å². The van der Waals surface area contributed by atoms with Gasteiger partial charge < -0.3 is 24.3 Å². The Morgan fingerprint density at radius 2 is 0.729 bits per heavy atom. The number of ketones is 2. The fraction of sp³-hybridized carbons (Fsp3) is 0.297. The maximum Gasteiger partial charge on any atom is 0.343 e. The van der Waals surface area contributed by atoms with Crippen molar-refractivity contribution in [2.45, 2.75) is 158 Å². The number of fused-ring (bicyclic) bond motifs is 3. The molecule has 0 atom stereocenters. The van der Waals surface area contributed by atoms with Crippen LogP contribution >= 0.6 is 58.8 Å². The van der Waals surface area contributed by atoms with E-state index in [4.69, 9.17) is 14.2 Å². The van der Waals surface area contributed by atoms with Gasteiger partial charge in [0.25, 0.3) is 16.7 Å². The number of H-pyrrole nitrogens is 3. The molecule has 14 aromatic rings. The van der Waals surface area contributed by atoms with Gasteiger partial charge in [-0.05, 0) is 91.9 Å². The van der Waals surface area contributed by atoms with E-state index in [-0.39, 0.29) is 86.9 Å². The first-order chi connectivity index (χ1) is 67.7. The van der Waals surface area contributed by atoms with Crippen molar-refractivity contribution in [1.82, 2.24) is 80.4 Å². The van der Waals surface area contributed by atoms with Crippen LogP contribution < -0.4 is 22.0 Å². The number of hydrogen-bond donors (Lipinski definition) is 4. The molecule has 140 heavy (non-hydrogen) atoms. The van der Waals surface area contributed by atoms with E-state index < -0.39 is 33.3 Å². The highest BCUT2D eigenvalue weighted by Gasteiger charge is 2.26. The number of anilines is 2. The number of aldehydes is 1. The van der Waals surface area contributed by atoms with Gasteiger partial charge in [0.1, 0.15) is 88.2 Å². The van der Waals surface area contributed by atoms with Crippen molar-refractivity contribution < 1.29 is 60.9 Å². The molecule has 8 aromatic heterocycles. The van der Waals surface area contributed by atoms with Gasteiger partial charge in [-0.3, -0.25) is 33.6 Å². The minimum Gasteiger partial charge on any atom is -0.466 e. The van der Waals surface area contributed by atoms with Crippen LogP contribution in [0.2, 0.25) is 0 Å². The predicted molar refractivity (Wildman–Crippen MR) is 567 cm³/mol. The smallest absolute Gasteiger partial charge is 0.343 e. The number of sulfone groups is 1. The number of rotatable bonds is 24. The zero-order valence-corrected chi connectivity index (χ0v) is 88.4. The van der Waals surface area contributed by atoms with Gasteiger partial charge >= 0.3 is 23.9 Å². The van der Waals surface area contributed by atoms with Crippen LogP contribution in [0.5, 0.6) is 0 Å². The van der Waals surface area contributed by atoms with Crippen molar-refractivity contribution in [1.29, 1.82) is 0 Å². The third-order valence-electron chi connectivity index (χ3n) is 16.7. The van der Waals surface area contributed by atoms with E-state index >= 15 is 0 Å². The number of hydrogen-bond acceptors (Lipinski definition) is 35. The molecule has 0 saturated carbocycles. The van der Waals surface area contributed by atoms with E-state index in [0.717, 1.165) is 34.2 Å². The number of carbonyl (C=O) groups excluding carboxylic acids is 7. The van der Waals surface area contributed by atoms with Gasteiger partial charge in [0.05, 0.1) is 54.9 Å². The third kappa shape index (κ3) is 38.2. The lowest BCUT2D eigenvalue weighted by Gasteiger charge is -2.11. The molecule has 0 fully saturated rings. The molecule has 14 rings (SSSR count). The first kappa shape index (κ1) is 122. The second kappa shape index (κ2) is 68.3. The monoisotopic (exact) mass is 2020 g/mol. The second-order valence-electron chi connectivity index (χ2n) is 25.7. The molecule has 39 heteroatoms. The average Bonchev–Trinajstić information content (AvgIpc) is 0.800. The number of aryl methyl sites for hydroxylation is 1. The number of esters is 4. The second-order valence-corrected chi connectivity index (χ2v) is 31.9. The van der Waals surface area contributed by atoms with E-state index in [0.29, 0.717) is 107 Å². The van der Waals surface area contributed by atoms with Crippen molar-refractivity contribution in [3.8, 4) is 56.9 Å². The topological polar surface area (TPSA) is 469 Å². The van der Waals surface area contributed by atoms with Crippen LogP contribution in [0.25, 0.3) is 89.6 Å². The minimum absolute atomic E-state index is 0.0478. The average molecular weight is 2020 g/mol. The normalized spacial score (nSPS) is 9.81. The first-order valence-corrected chi connectivity index (χ1v) is 52.6. The highest BCUT2D eigenvalue weighted by molar-refractivity contribution is 8.21. The van der Waals surface area contributed by atoms with Crippen molar-refractivity contribution in [3.05, 3.63) is 264 Å². The number of aromatic nitrogens is 16. The van der Waals surface area contributed by atoms with E-state index in [9.17, 15) is 56.4 Å². The molecule has 0 spiro atoms. The van der Waals surface area contributed by atoms with Gasteiger partial charge in [0, 0.05) is 39.8 Å². The molecule has 0 aliphatic rings. The van der Waals surface area contributed by atoms with Gasteiger partial charge in [0.2, 0.25) is 0 Å². The van der Waals surface area contributed by atoms with Gasteiger partial charge in [0.15, 0.2) is 56.1 Å². The molecule has 0 amide bonds. The first-order valence-electron chi connectivity index (χ1n) is 44.6. The Labute approximate surface area is 838 Å². The summed E-state index contributed by atoms with van der Waals surface area (Å²) in [4.78, 5) is 158. The number of carbonyl (C=O) groups is 7. The summed E-state index contributed by atoms with van der Waals surface area (Å²) in [6, 6.07) is 56.8. The third-order valence-corrected chi connectivity index (χ3v) is 21.9. The van der Waals surface area contributed by atoms with Crippen LogP contribution in [-0.4, -0.2) is 195 Å². The largest absolute Gasteiger partial charge is 0.466 e. The van der Waals surface area contributed by atoms with E-state index in [2.05, 4.69) is 90.5 Å². The molecular formula is C101H123N17O16S6. The lowest BCUT2D eigenvalue weighted by Crippen LogP contribution is -2.15. The summed E-state index contributed by atoms with van der Waals surface area (Å²) in [7, 11) is -3.68. The number of benzene rings is 6. The lowest BCUT2D eigenvalue weighted by atomic mass is 10.2. The fourth-order valence-corrected chi connectivity index (χ4v) is 15.3. The Morgan fingerprint density at radius 1 is 0.400 bits per heavy atom. The number of para-hydroxylation sites is 1. The number of nitrogens with zero attached hydrogens (tertiary/aromatic N) is 13. The van der Waals surface area contributed by atoms with Crippen LogP contribution in [0.3, 0.4) is 0 Å². The maximum absolute atomic E-state index is 12.2. The van der Waals surface area contributed by atoms with Crippen LogP contribution in [0, 0.1) is 6.92 Å². The highest BCUT2D eigenvalue weighted by Crippen LogP contribution is 2.32. The van der Waals surface area contributed by atoms with Gasteiger partial charge in [-0.2, -0.15) is 15.3 Å². The van der Waals surface area contributed by atoms with Crippen LogP contribution in [0.15, 0.2) is 245 Å². The molecule has 0 unspecified atom stereocenters. The van der Waals surface area contributed by atoms with Crippen molar-refractivity contribution in [2.24, 2.45) is 0 Å². The molecular weight excluding hydrogens is 1900 g/mol. The summed E-state index contributed by atoms with van der Waals surface area (Å²) in [5.41, 5.74) is 6.44. The minimum atomic E-state index is -3.68. The number of aromatic amines is 3. The van der Waals surface area contributed by atoms with Crippen molar-refractivity contribution in [3.63, 3.8) is 0 Å². The van der Waals surface area contributed by atoms with Crippen molar-refractivity contribution >= 4 is 155 Å². The number of nitrogens with one attached hydrogen (secondary N) is 4. The summed E-state index contributed by atoms with van der Waals surface area (Å²) in [6.07, 6.45) is 15.1. The molecule has 0 aliphatic carbocycles. The number of ether oxygens (including phenoxy) is 4. The molecule has 6 aromatic carbocycles. The molecule has 0 bridgehead atoms. The zero-order valence-electron chi connectivity index (χ0n) is 83.5. The molecule has 0 aliphatic heterocycles. The SMILES string of the molecule is CC.CC.CC.CC.CC.CC.CCOC(=O)C(C(C)=O)=C(SC)SC.CCOC(=O)CC(C)=O.CCOC(=O)c1c(C)nc(-c2ccccc2)nc1SC.CCOC(=O)c1c(C=O)nc(-c2ccccc2)nc1SC.CS(=O)(=O)c1nc(-c2ccccc2)nc2cn[nH]c(=O)c12.CSc1nc(-c2ccccc2)nc2cn[nH]c(=O)c12.O=c1[nH]ncc2nc(-c3ccccc3)nc(Nc3ccccc3)c12. The predicted octanol–water partition coefficient (Wildman–Crippen LogP) is 21.0. The molecule has 744 valence electrons. The Morgan fingerprint density at radius 3 is 1.09 bits per heavy atom. The molecule has 0 saturated heterocycles. The maximum atomic E-state index is 12.2. The van der Waals surface area contributed by atoms with Gasteiger partial charge in [-0.25, -0.2) is 87.9 Å². The molecule has 8 heterocycles. The van der Waals surface area contributed by atoms with E-state index in [1.54, 1.807) is 71.3 Å². The van der Waals surface area contributed by atoms with Gasteiger partial charge in [-0.15, -0.1) is 58.8 Å². The number of thioether (sulfide) groups is 5. The lowest BCUT2D eigenvalue weighted by molar-refractivity contribution is -0.145. The highest BCUT2D eigenvalue weighted by atomic mass is 32.2. The molecule has 33 nitrogen and oxygen atoms in total. The Kier molecular flexibility index (Phi) is 59.7. The summed E-state index contributed by atoms with van der Waals surface area (Å²) in [5.74, 6) is 0.538. The fourth-order valence-electron chi connectivity index (χ4n) is 11.2. The molecule has 0 radical (unpaired) electrons. The summed E-state index contributed by atoms with van der Waals surface area (Å²) in [6.45, 7) is 36.6.